The first kappa shape index (κ1) is 12.2. The van der Waals surface area contributed by atoms with E-state index in [-0.39, 0.29) is 5.92 Å². The molecule has 0 fully saturated rings. The lowest BCUT2D eigenvalue weighted by molar-refractivity contribution is -0.139. The van der Waals surface area contributed by atoms with E-state index >= 15 is 0 Å². The molecule has 0 aliphatic heterocycles. The molecule has 0 amide bonds. The molecule has 1 atom stereocenters. The van der Waals surface area contributed by atoms with Gasteiger partial charge in [0, 0.05) is 17.0 Å². The summed E-state index contributed by atoms with van der Waals surface area (Å²) in [6.07, 6.45) is 1.71. The topological polar surface area (TPSA) is 50.2 Å². The molecule has 0 saturated heterocycles. The summed E-state index contributed by atoms with van der Waals surface area (Å²) in [4.78, 5) is 16.2. The highest BCUT2D eigenvalue weighted by atomic mass is 32.1. The summed E-state index contributed by atoms with van der Waals surface area (Å²) in [7, 11) is 0. The van der Waals surface area contributed by atoms with Gasteiger partial charge < -0.3 is 5.11 Å². The lowest BCUT2D eigenvalue weighted by Crippen LogP contribution is -2.16. The normalized spacial score (nSPS) is 13.5. The quantitative estimate of drug-likeness (QED) is 0.860. The predicted octanol–water partition coefficient (Wildman–Crippen LogP) is 3.09. The van der Waals surface area contributed by atoms with Crippen LogP contribution in [-0.4, -0.2) is 16.1 Å². The van der Waals surface area contributed by atoms with Crippen LogP contribution in [0.15, 0.2) is 6.20 Å². The van der Waals surface area contributed by atoms with Crippen molar-refractivity contribution in [2.75, 3.05) is 0 Å². The van der Waals surface area contributed by atoms with Crippen molar-refractivity contribution in [2.24, 2.45) is 5.92 Å². The molecule has 1 rings (SSSR count). The summed E-state index contributed by atoms with van der Waals surface area (Å²) in [6, 6.07) is 0. The zero-order valence-corrected chi connectivity index (χ0v) is 10.3. The molecule has 0 bridgehead atoms. The minimum Gasteiger partial charge on any atom is -0.481 e. The molecule has 1 N–H and O–H groups in total. The highest BCUT2D eigenvalue weighted by Crippen LogP contribution is 2.31. The maximum absolute atomic E-state index is 11.1. The number of aromatic nitrogens is 1. The second kappa shape index (κ2) is 4.75. The Bertz CT molecular complexity index is 344. The third-order valence-electron chi connectivity index (χ3n) is 2.27. The number of thiazole rings is 1. The molecule has 0 saturated carbocycles. The van der Waals surface area contributed by atoms with Crippen LogP contribution in [0.25, 0.3) is 0 Å². The highest BCUT2D eigenvalue weighted by molar-refractivity contribution is 7.11. The first-order chi connectivity index (χ1) is 6.93. The van der Waals surface area contributed by atoms with Crippen LogP contribution in [0, 0.1) is 5.92 Å². The lowest BCUT2D eigenvalue weighted by atomic mass is 9.95. The van der Waals surface area contributed by atoms with E-state index in [1.807, 2.05) is 13.8 Å². The highest BCUT2D eigenvalue weighted by Gasteiger charge is 2.26. The van der Waals surface area contributed by atoms with Crippen molar-refractivity contribution >= 4 is 17.3 Å². The van der Waals surface area contributed by atoms with Crippen molar-refractivity contribution in [1.82, 2.24) is 4.98 Å². The third kappa shape index (κ3) is 2.78. The van der Waals surface area contributed by atoms with Crippen LogP contribution in [0.3, 0.4) is 0 Å². The van der Waals surface area contributed by atoms with E-state index in [2.05, 4.69) is 18.8 Å². The molecule has 1 aromatic heterocycles. The predicted molar refractivity (Wildman–Crippen MR) is 61.4 cm³/mol. The van der Waals surface area contributed by atoms with E-state index < -0.39 is 11.9 Å². The number of carbonyl (C=O) groups is 1. The molecule has 84 valence electrons. The Morgan fingerprint density at radius 1 is 1.40 bits per heavy atom. The van der Waals surface area contributed by atoms with Gasteiger partial charge in [0.05, 0.1) is 10.9 Å². The van der Waals surface area contributed by atoms with Gasteiger partial charge in [-0.3, -0.25) is 4.79 Å². The smallest absolute Gasteiger partial charge is 0.312 e. The van der Waals surface area contributed by atoms with E-state index in [1.165, 1.54) is 11.3 Å². The van der Waals surface area contributed by atoms with E-state index in [1.54, 1.807) is 6.20 Å². The number of rotatable bonds is 4. The van der Waals surface area contributed by atoms with Gasteiger partial charge in [0.25, 0.3) is 0 Å². The van der Waals surface area contributed by atoms with Gasteiger partial charge in [-0.05, 0) is 5.92 Å². The monoisotopic (exact) mass is 227 g/mol. The van der Waals surface area contributed by atoms with Crippen molar-refractivity contribution < 1.29 is 9.90 Å². The summed E-state index contributed by atoms with van der Waals surface area (Å²) in [5, 5.41) is 10.1. The zero-order chi connectivity index (χ0) is 11.6. The molecule has 0 spiro atoms. The average Bonchev–Trinajstić information content (AvgIpc) is 2.51. The summed E-state index contributed by atoms with van der Waals surface area (Å²) in [5.41, 5.74) is 0. The number of hydrogen-bond donors (Lipinski definition) is 1. The lowest BCUT2D eigenvalue weighted by Gasteiger charge is -2.13. The number of aliphatic carboxylic acids is 1. The molecular weight excluding hydrogens is 210 g/mol. The van der Waals surface area contributed by atoms with Crippen molar-refractivity contribution in [3.8, 4) is 0 Å². The Balaban J connectivity index is 2.97. The average molecular weight is 227 g/mol. The van der Waals surface area contributed by atoms with Crippen molar-refractivity contribution in [2.45, 2.75) is 39.5 Å². The molecular formula is C11H17NO2S. The number of carboxylic acids is 1. The summed E-state index contributed by atoms with van der Waals surface area (Å²) in [5.74, 6) is -0.715. The van der Waals surface area contributed by atoms with E-state index in [0.717, 1.165) is 9.88 Å². The van der Waals surface area contributed by atoms with Crippen LogP contribution < -0.4 is 0 Å². The van der Waals surface area contributed by atoms with Crippen LogP contribution in [0.1, 0.15) is 49.4 Å². The summed E-state index contributed by atoms with van der Waals surface area (Å²) in [6.45, 7) is 7.97. The Morgan fingerprint density at radius 3 is 2.33 bits per heavy atom. The maximum Gasteiger partial charge on any atom is 0.312 e. The standard InChI is InChI=1S/C11H17NO2S/c1-6(2)9(11(13)14)8-5-12-10(15-8)7(3)4/h5-7,9H,1-4H3,(H,13,14). The molecule has 3 nitrogen and oxygen atoms in total. The largest absolute Gasteiger partial charge is 0.481 e. The molecule has 1 unspecified atom stereocenters. The number of hydrogen-bond acceptors (Lipinski definition) is 3. The third-order valence-corrected chi connectivity index (χ3v) is 3.66. The first-order valence-corrected chi connectivity index (χ1v) is 5.93. The Hall–Kier alpha value is -0.900. The van der Waals surface area contributed by atoms with E-state index in [9.17, 15) is 4.79 Å². The van der Waals surface area contributed by atoms with Crippen molar-refractivity contribution in [1.29, 1.82) is 0 Å². The Morgan fingerprint density at radius 2 is 2.00 bits per heavy atom. The molecule has 4 heteroatoms. The molecule has 0 aromatic carbocycles. The van der Waals surface area contributed by atoms with E-state index in [0.29, 0.717) is 5.92 Å². The van der Waals surface area contributed by atoms with Crippen LogP contribution in [0.5, 0.6) is 0 Å². The zero-order valence-electron chi connectivity index (χ0n) is 9.52. The fourth-order valence-corrected chi connectivity index (χ4v) is 2.63. The number of carboxylic acid groups (broad SMARTS) is 1. The summed E-state index contributed by atoms with van der Waals surface area (Å²) >= 11 is 1.51. The molecule has 0 aliphatic rings. The number of nitrogens with zero attached hydrogens (tertiary/aromatic N) is 1. The van der Waals surface area contributed by atoms with Crippen LogP contribution in [0.2, 0.25) is 0 Å². The van der Waals surface area contributed by atoms with Crippen LogP contribution in [-0.2, 0) is 4.79 Å². The summed E-state index contributed by atoms with van der Waals surface area (Å²) < 4.78 is 0. The van der Waals surface area contributed by atoms with Gasteiger partial charge in [-0.25, -0.2) is 4.98 Å². The Labute approximate surface area is 94.2 Å². The van der Waals surface area contributed by atoms with E-state index in [4.69, 9.17) is 5.11 Å². The molecule has 1 heterocycles. The fraction of sp³-hybridized carbons (Fsp3) is 0.636. The maximum atomic E-state index is 11.1. The van der Waals surface area contributed by atoms with Crippen molar-refractivity contribution in [3.63, 3.8) is 0 Å². The van der Waals surface area contributed by atoms with Gasteiger partial charge in [-0.1, -0.05) is 27.7 Å². The van der Waals surface area contributed by atoms with Gasteiger partial charge in [-0.2, -0.15) is 0 Å². The SMILES string of the molecule is CC(C)c1ncc(C(C(=O)O)C(C)C)s1. The van der Waals surface area contributed by atoms with Crippen LogP contribution >= 0.6 is 11.3 Å². The molecule has 0 aliphatic carbocycles. The second-order valence-corrected chi connectivity index (χ2v) is 5.41. The fourth-order valence-electron chi connectivity index (χ4n) is 1.45. The van der Waals surface area contributed by atoms with Crippen LogP contribution in [0.4, 0.5) is 0 Å². The molecule has 1 aromatic rings. The molecule has 15 heavy (non-hydrogen) atoms. The van der Waals surface area contributed by atoms with Crippen molar-refractivity contribution in [3.05, 3.63) is 16.1 Å². The van der Waals surface area contributed by atoms with Gasteiger partial charge >= 0.3 is 5.97 Å². The minimum atomic E-state index is -0.760. The first-order valence-electron chi connectivity index (χ1n) is 5.12. The molecule has 0 radical (unpaired) electrons. The van der Waals surface area contributed by atoms with Gasteiger partial charge in [0.15, 0.2) is 0 Å². The van der Waals surface area contributed by atoms with Gasteiger partial charge in [-0.15, -0.1) is 11.3 Å². The Kier molecular flexibility index (Phi) is 3.85. The van der Waals surface area contributed by atoms with Gasteiger partial charge in [0.2, 0.25) is 0 Å². The van der Waals surface area contributed by atoms with Gasteiger partial charge in [0.1, 0.15) is 0 Å². The second-order valence-electron chi connectivity index (χ2n) is 4.32. The minimum absolute atomic E-state index is 0.1000.